The van der Waals surface area contributed by atoms with Crippen LogP contribution < -0.4 is 0 Å². The molecule has 0 aromatic carbocycles. The van der Waals surface area contributed by atoms with Gasteiger partial charge < -0.3 is 0 Å². The van der Waals surface area contributed by atoms with Crippen LogP contribution in [0.5, 0.6) is 0 Å². The zero-order valence-corrected chi connectivity index (χ0v) is 8.81. The Labute approximate surface area is 80.9 Å². The monoisotopic (exact) mass is 180 g/mol. The van der Waals surface area contributed by atoms with Gasteiger partial charge in [-0.1, -0.05) is 26.7 Å². The first-order valence-corrected chi connectivity index (χ1v) is 5.68. The first-order valence-electron chi connectivity index (χ1n) is 5.68. The van der Waals surface area contributed by atoms with Crippen LogP contribution in [0.25, 0.3) is 0 Å². The predicted molar refractivity (Wildman–Crippen MR) is 53.5 cm³/mol. The minimum Gasteiger partial charge on any atom is -0.299 e. The van der Waals surface area contributed by atoms with Gasteiger partial charge in [-0.25, -0.2) is 0 Å². The Kier molecular flexibility index (Phi) is 2.21. The Bertz CT molecular complexity index is 221. The highest BCUT2D eigenvalue weighted by molar-refractivity contribution is 5.85. The first-order chi connectivity index (χ1) is 6.14. The lowest BCUT2D eigenvalue weighted by Crippen LogP contribution is -2.45. The molecule has 0 radical (unpaired) electrons. The fourth-order valence-corrected chi connectivity index (χ4v) is 3.46. The van der Waals surface area contributed by atoms with Crippen molar-refractivity contribution in [3.8, 4) is 0 Å². The number of carbonyl (C=O) groups is 1. The summed E-state index contributed by atoms with van der Waals surface area (Å²) in [6.45, 7) is 4.55. The molecule has 0 heterocycles. The Morgan fingerprint density at radius 2 is 2.08 bits per heavy atom. The van der Waals surface area contributed by atoms with Crippen LogP contribution in [0, 0.1) is 17.3 Å². The quantitative estimate of drug-likeness (QED) is 0.559. The molecule has 2 aliphatic carbocycles. The van der Waals surface area contributed by atoms with E-state index >= 15 is 0 Å². The smallest absolute Gasteiger partial charge is 0.139 e. The van der Waals surface area contributed by atoms with Gasteiger partial charge in [0.05, 0.1) is 0 Å². The van der Waals surface area contributed by atoms with E-state index in [2.05, 4.69) is 13.8 Å². The number of hydrogen-bond donors (Lipinski definition) is 0. The van der Waals surface area contributed by atoms with Crippen LogP contribution in [0.15, 0.2) is 0 Å². The van der Waals surface area contributed by atoms with Crippen molar-refractivity contribution in [2.75, 3.05) is 0 Å². The Balaban J connectivity index is 2.25. The largest absolute Gasteiger partial charge is 0.299 e. The molecule has 2 saturated carbocycles. The third-order valence-corrected chi connectivity index (χ3v) is 4.43. The molecule has 0 N–H and O–H groups in total. The lowest BCUT2D eigenvalue weighted by molar-refractivity contribution is -0.139. The highest BCUT2D eigenvalue weighted by atomic mass is 16.1. The van der Waals surface area contributed by atoms with Gasteiger partial charge in [-0.05, 0) is 31.1 Å². The van der Waals surface area contributed by atoms with Crippen LogP contribution in [0.3, 0.4) is 0 Å². The fraction of sp³-hybridized carbons (Fsp3) is 0.917. The van der Waals surface area contributed by atoms with E-state index < -0.39 is 0 Å². The zero-order valence-electron chi connectivity index (χ0n) is 8.81. The van der Waals surface area contributed by atoms with Gasteiger partial charge in [0, 0.05) is 11.8 Å². The molecule has 1 nitrogen and oxygen atoms in total. The molecule has 3 atom stereocenters. The lowest BCUT2D eigenvalue weighted by atomic mass is 9.56. The molecule has 74 valence electrons. The number of Topliss-reactive ketones (excluding diaryl/α,β-unsaturated/α-hetero) is 1. The summed E-state index contributed by atoms with van der Waals surface area (Å²) in [5.74, 6) is 2.03. The predicted octanol–water partition coefficient (Wildman–Crippen LogP) is 3.18. The van der Waals surface area contributed by atoms with E-state index in [4.69, 9.17) is 0 Å². The third kappa shape index (κ3) is 1.33. The maximum atomic E-state index is 11.9. The summed E-state index contributed by atoms with van der Waals surface area (Å²) < 4.78 is 0. The Morgan fingerprint density at radius 1 is 1.31 bits per heavy atom. The summed E-state index contributed by atoms with van der Waals surface area (Å²) in [5.41, 5.74) is 0.0654. The van der Waals surface area contributed by atoms with Crippen molar-refractivity contribution in [3.63, 3.8) is 0 Å². The highest BCUT2D eigenvalue weighted by Crippen LogP contribution is 2.50. The third-order valence-electron chi connectivity index (χ3n) is 4.43. The second kappa shape index (κ2) is 3.11. The molecule has 0 saturated heterocycles. The maximum absolute atomic E-state index is 11.9. The highest BCUT2D eigenvalue weighted by Gasteiger charge is 2.47. The number of ketones is 1. The summed E-state index contributed by atoms with van der Waals surface area (Å²) in [5, 5.41) is 0. The van der Waals surface area contributed by atoms with Gasteiger partial charge in [-0.2, -0.15) is 0 Å². The summed E-state index contributed by atoms with van der Waals surface area (Å²) in [4.78, 5) is 11.9. The van der Waals surface area contributed by atoms with Gasteiger partial charge in [0.25, 0.3) is 0 Å². The molecule has 0 aromatic heterocycles. The first kappa shape index (κ1) is 9.23. The summed E-state index contributed by atoms with van der Waals surface area (Å²) in [7, 11) is 0. The lowest BCUT2D eigenvalue weighted by Gasteiger charge is -2.47. The van der Waals surface area contributed by atoms with Gasteiger partial charge in [0.15, 0.2) is 0 Å². The topological polar surface area (TPSA) is 17.1 Å². The molecule has 3 unspecified atom stereocenters. The van der Waals surface area contributed by atoms with Gasteiger partial charge in [0.1, 0.15) is 5.78 Å². The van der Waals surface area contributed by atoms with E-state index in [1.807, 2.05) is 0 Å². The Hall–Kier alpha value is -0.330. The van der Waals surface area contributed by atoms with Crippen molar-refractivity contribution in [3.05, 3.63) is 0 Å². The van der Waals surface area contributed by atoms with Crippen molar-refractivity contribution in [1.29, 1.82) is 0 Å². The van der Waals surface area contributed by atoms with Crippen molar-refractivity contribution in [2.45, 2.75) is 52.4 Å². The van der Waals surface area contributed by atoms with Crippen LogP contribution in [-0.4, -0.2) is 5.78 Å². The van der Waals surface area contributed by atoms with Crippen LogP contribution in [0.1, 0.15) is 52.4 Å². The standard InChI is InChI=1S/C12H20O/c1-9-6-7-11(13)12(2)8-4-3-5-10(9)12/h9-10H,3-8H2,1-2H3. The minimum absolute atomic E-state index is 0.0654. The van der Waals surface area contributed by atoms with Crippen LogP contribution in [0.4, 0.5) is 0 Å². The molecule has 0 aliphatic heterocycles. The minimum atomic E-state index is 0.0654. The van der Waals surface area contributed by atoms with E-state index in [0.29, 0.717) is 11.7 Å². The van der Waals surface area contributed by atoms with Crippen molar-refractivity contribution in [2.24, 2.45) is 17.3 Å². The van der Waals surface area contributed by atoms with Gasteiger partial charge in [0.2, 0.25) is 0 Å². The van der Waals surface area contributed by atoms with Crippen molar-refractivity contribution >= 4 is 5.78 Å². The molecule has 1 heteroatoms. The average molecular weight is 180 g/mol. The molecule has 2 aliphatic rings. The van der Waals surface area contributed by atoms with E-state index in [0.717, 1.165) is 25.2 Å². The van der Waals surface area contributed by atoms with E-state index in [1.165, 1.54) is 19.3 Å². The molecule has 0 bridgehead atoms. The van der Waals surface area contributed by atoms with Crippen molar-refractivity contribution < 1.29 is 4.79 Å². The molecule has 0 spiro atoms. The van der Waals surface area contributed by atoms with E-state index in [-0.39, 0.29) is 5.41 Å². The summed E-state index contributed by atoms with van der Waals surface area (Å²) >= 11 is 0. The van der Waals surface area contributed by atoms with Crippen LogP contribution in [-0.2, 0) is 4.79 Å². The number of rotatable bonds is 0. The second-order valence-corrected chi connectivity index (χ2v) is 5.21. The van der Waals surface area contributed by atoms with Crippen LogP contribution >= 0.6 is 0 Å². The number of hydrogen-bond acceptors (Lipinski definition) is 1. The molecule has 2 fully saturated rings. The summed E-state index contributed by atoms with van der Waals surface area (Å²) in [6, 6.07) is 0. The van der Waals surface area contributed by atoms with Crippen LogP contribution in [0.2, 0.25) is 0 Å². The fourth-order valence-electron chi connectivity index (χ4n) is 3.46. The number of carbonyl (C=O) groups excluding carboxylic acids is 1. The molecular weight excluding hydrogens is 160 g/mol. The molecule has 0 aromatic rings. The number of fused-ring (bicyclic) bond motifs is 1. The van der Waals surface area contributed by atoms with Crippen molar-refractivity contribution in [1.82, 2.24) is 0 Å². The van der Waals surface area contributed by atoms with E-state index in [9.17, 15) is 4.79 Å². The second-order valence-electron chi connectivity index (χ2n) is 5.21. The molecule has 0 amide bonds. The Morgan fingerprint density at radius 3 is 2.77 bits per heavy atom. The molecular formula is C12H20O. The van der Waals surface area contributed by atoms with Gasteiger partial charge in [-0.15, -0.1) is 0 Å². The van der Waals surface area contributed by atoms with E-state index in [1.54, 1.807) is 0 Å². The zero-order chi connectivity index (χ0) is 9.47. The molecule has 2 rings (SSSR count). The normalized spacial score (nSPS) is 45.8. The molecule has 13 heavy (non-hydrogen) atoms. The summed E-state index contributed by atoms with van der Waals surface area (Å²) in [6.07, 6.45) is 7.04. The van der Waals surface area contributed by atoms with Gasteiger partial charge in [-0.3, -0.25) is 4.79 Å². The SMILES string of the molecule is CC1CCC(=O)C2(C)CCCCC12. The van der Waals surface area contributed by atoms with Gasteiger partial charge >= 0.3 is 0 Å². The maximum Gasteiger partial charge on any atom is 0.139 e. The average Bonchev–Trinajstić information content (AvgIpc) is 2.12.